The van der Waals surface area contributed by atoms with Crippen LogP contribution < -0.4 is 0 Å². The number of carboxylic acids is 1. The maximum atomic E-state index is 11.3. The summed E-state index contributed by atoms with van der Waals surface area (Å²) in [6.07, 6.45) is 0. The summed E-state index contributed by atoms with van der Waals surface area (Å²) in [6.45, 7) is 0. The highest BCUT2D eigenvalue weighted by Crippen LogP contribution is 2.38. The molecule has 0 unspecified atom stereocenters. The molecular weight excluding hydrogens is 264 g/mol. The molecule has 0 radical (unpaired) electrons. The third kappa shape index (κ3) is 1.88. The third-order valence-corrected chi connectivity index (χ3v) is 3.26. The number of hydrogen-bond acceptors (Lipinski definition) is 2. The lowest BCUT2D eigenvalue weighted by atomic mass is 10.0. The Bertz CT molecular complexity index is 774. The number of benzene rings is 2. The number of carbonyl (C=O) groups is 1. The average molecular weight is 273 g/mol. The van der Waals surface area contributed by atoms with Crippen molar-refractivity contribution in [3.63, 3.8) is 0 Å². The van der Waals surface area contributed by atoms with E-state index in [4.69, 9.17) is 16.0 Å². The first-order chi connectivity index (χ1) is 9.18. The Hall–Kier alpha value is -2.26. The molecule has 2 aromatic carbocycles. The summed E-state index contributed by atoms with van der Waals surface area (Å²) in [6, 6.07) is 14.3. The molecule has 3 rings (SSSR count). The second kappa shape index (κ2) is 4.44. The van der Waals surface area contributed by atoms with E-state index in [1.165, 1.54) is 0 Å². The zero-order chi connectivity index (χ0) is 13.4. The molecule has 0 bridgehead atoms. The lowest BCUT2D eigenvalue weighted by Crippen LogP contribution is -1.96. The van der Waals surface area contributed by atoms with E-state index in [-0.39, 0.29) is 5.76 Å². The second-order valence-electron chi connectivity index (χ2n) is 4.09. The number of carboxylic acid groups (broad SMARTS) is 1. The molecule has 0 amide bonds. The first kappa shape index (κ1) is 11.8. The van der Waals surface area contributed by atoms with Crippen LogP contribution in [0.4, 0.5) is 0 Å². The maximum Gasteiger partial charge on any atom is 0.372 e. The van der Waals surface area contributed by atoms with E-state index >= 15 is 0 Å². The van der Waals surface area contributed by atoms with Crippen LogP contribution >= 0.6 is 11.6 Å². The van der Waals surface area contributed by atoms with Crippen LogP contribution in [-0.2, 0) is 0 Å². The van der Waals surface area contributed by atoms with Gasteiger partial charge in [-0.2, -0.15) is 0 Å². The number of rotatable bonds is 2. The molecule has 0 aliphatic rings. The van der Waals surface area contributed by atoms with Gasteiger partial charge in [-0.25, -0.2) is 4.79 Å². The Morgan fingerprint density at radius 1 is 1.05 bits per heavy atom. The van der Waals surface area contributed by atoms with E-state index in [1.807, 2.05) is 18.2 Å². The van der Waals surface area contributed by atoms with Gasteiger partial charge in [0, 0.05) is 21.5 Å². The number of fused-ring (bicyclic) bond motifs is 1. The van der Waals surface area contributed by atoms with Crippen molar-refractivity contribution in [1.82, 2.24) is 0 Å². The number of para-hydroxylation sites is 1. The fourth-order valence-corrected chi connectivity index (χ4v) is 2.36. The van der Waals surface area contributed by atoms with Gasteiger partial charge in [0.2, 0.25) is 5.76 Å². The molecule has 3 nitrogen and oxygen atoms in total. The van der Waals surface area contributed by atoms with Gasteiger partial charge in [-0.05, 0) is 12.1 Å². The van der Waals surface area contributed by atoms with Crippen molar-refractivity contribution in [3.05, 3.63) is 59.3 Å². The molecule has 0 atom stereocenters. The van der Waals surface area contributed by atoms with Crippen molar-refractivity contribution in [2.75, 3.05) is 0 Å². The third-order valence-electron chi connectivity index (χ3n) is 2.93. The SMILES string of the molecule is O=C(O)c1oc2ccccc2c1-c1ccccc1Cl. The number of hydrogen-bond donors (Lipinski definition) is 1. The monoisotopic (exact) mass is 272 g/mol. The topological polar surface area (TPSA) is 50.4 Å². The van der Waals surface area contributed by atoms with Crippen LogP contribution in [0.2, 0.25) is 5.02 Å². The van der Waals surface area contributed by atoms with Crippen molar-refractivity contribution in [2.45, 2.75) is 0 Å². The summed E-state index contributed by atoms with van der Waals surface area (Å²) < 4.78 is 5.41. The van der Waals surface area contributed by atoms with Gasteiger partial charge in [0.05, 0.1) is 0 Å². The molecule has 19 heavy (non-hydrogen) atoms. The minimum atomic E-state index is -1.11. The van der Waals surface area contributed by atoms with Crippen LogP contribution in [0.5, 0.6) is 0 Å². The molecule has 0 saturated heterocycles. The molecule has 0 fully saturated rings. The highest BCUT2D eigenvalue weighted by atomic mass is 35.5. The molecule has 0 spiro atoms. The van der Waals surface area contributed by atoms with Crippen molar-refractivity contribution in [3.8, 4) is 11.1 Å². The first-order valence-electron chi connectivity index (χ1n) is 5.68. The van der Waals surface area contributed by atoms with Gasteiger partial charge in [-0.1, -0.05) is 48.0 Å². The van der Waals surface area contributed by atoms with Crippen LogP contribution in [0.25, 0.3) is 22.1 Å². The number of aromatic carboxylic acids is 1. The molecule has 0 aliphatic carbocycles. The Morgan fingerprint density at radius 3 is 2.47 bits per heavy atom. The fourth-order valence-electron chi connectivity index (χ4n) is 2.13. The molecule has 3 aromatic rings. The molecule has 0 aliphatic heterocycles. The highest BCUT2D eigenvalue weighted by molar-refractivity contribution is 6.34. The lowest BCUT2D eigenvalue weighted by molar-refractivity contribution is 0.0666. The molecular formula is C15H9ClO3. The summed E-state index contributed by atoms with van der Waals surface area (Å²) in [5.74, 6) is -1.19. The van der Waals surface area contributed by atoms with E-state index < -0.39 is 5.97 Å². The summed E-state index contributed by atoms with van der Waals surface area (Å²) in [4.78, 5) is 11.3. The second-order valence-corrected chi connectivity index (χ2v) is 4.49. The van der Waals surface area contributed by atoms with Crippen LogP contribution in [0.3, 0.4) is 0 Å². The van der Waals surface area contributed by atoms with Crippen LogP contribution in [-0.4, -0.2) is 11.1 Å². The van der Waals surface area contributed by atoms with Crippen LogP contribution in [0, 0.1) is 0 Å². The van der Waals surface area contributed by atoms with E-state index in [9.17, 15) is 9.90 Å². The number of furan rings is 1. The zero-order valence-corrected chi connectivity index (χ0v) is 10.5. The molecule has 94 valence electrons. The van der Waals surface area contributed by atoms with Crippen molar-refractivity contribution >= 4 is 28.5 Å². The number of halogens is 1. The Kier molecular flexibility index (Phi) is 2.76. The van der Waals surface area contributed by atoms with Gasteiger partial charge in [-0.15, -0.1) is 0 Å². The standard InChI is InChI=1S/C15H9ClO3/c16-11-7-3-1-5-9(11)13-10-6-2-4-8-12(10)19-14(13)15(17)18/h1-8H,(H,17,18). The quantitative estimate of drug-likeness (QED) is 0.750. The predicted octanol–water partition coefficient (Wildman–Crippen LogP) is 4.45. The van der Waals surface area contributed by atoms with Gasteiger partial charge >= 0.3 is 5.97 Å². The highest BCUT2D eigenvalue weighted by Gasteiger charge is 2.22. The summed E-state index contributed by atoms with van der Waals surface area (Å²) in [7, 11) is 0. The van der Waals surface area contributed by atoms with Gasteiger partial charge in [-0.3, -0.25) is 0 Å². The minimum absolute atomic E-state index is 0.0886. The Labute approximate surface area is 114 Å². The van der Waals surface area contributed by atoms with Crippen molar-refractivity contribution < 1.29 is 14.3 Å². The summed E-state index contributed by atoms with van der Waals surface area (Å²) in [5.41, 5.74) is 1.72. The van der Waals surface area contributed by atoms with Gasteiger partial charge in [0.25, 0.3) is 0 Å². The fraction of sp³-hybridized carbons (Fsp3) is 0. The minimum Gasteiger partial charge on any atom is -0.475 e. The Balaban J connectivity index is 2.42. The summed E-state index contributed by atoms with van der Waals surface area (Å²) in [5, 5.41) is 10.5. The van der Waals surface area contributed by atoms with E-state index in [0.29, 0.717) is 21.7 Å². The zero-order valence-electron chi connectivity index (χ0n) is 9.76. The van der Waals surface area contributed by atoms with E-state index in [0.717, 1.165) is 5.39 Å². The average Bonchev–Trinajstić information content (AvgIpc) is 2.79. The predicted molar refractivity (Wildman–Crippen MR) is 73.6 cm³/mol. The summed E-state index contributed by atoms with van der Waals surface area (Å²) >= 11 is 6.16. The van der Waals surface area contributed by atoms with Gasteiger partial charge in [0.1, 0.15) is 5.58 Å². The van der Waals surface area contributed by atoms with Crippen LogP contribution in [0.1, 0.15) is 10.6 Å². The smallest absolute Gasteiger partial charge is 0.372 e. The molecule has 1 N–H and O–H groups in total. The maximum absolute atomic E-state index is 11.3. The van der Waals surface area contributed by atoms with Gasteiger partial charge < -0.3 is 9.52 Å². The van der Waals surface area contributed by atoms with E-state index in [2.05, 4.69) is 0 Å². The Morgan fingerprint density at radius 2 is 1.74 bits per heavy atom. The molecule has 1 aromatic heterocycles. The molecule has 4 heteroatoms. The normalized spacial score (nSPS) is 10.8. The van der Waals surface area contributed by atoms with E-state index in [1.54, 1.807) is 30.3 Å². The molecule has 0 saturated carbocycles. The lowest BCUT2D eigenvalue weighted by Gasteiger charge is -2.03. The van der Waals surface area contributed by atoms with Gasteiger partial charge in [0.15, 0.2) is 0 Å². The largest absolute Gasteiger partial charge is 0.475 e. The van der Waals surface area contributed by atoms with Crippen molar-refractivity contribution in [1.29, 1.82) is 0 Å². The van der Waals surface area contributed by atoms with Crippen LogP contribution in [0.15, 0.2) is 52.9 Å². The van der Waals surface area contributed by atoms with Crippen molar-refractivity contribution in [2.24, 2.45) is 0 Å². The molecule has 1 heterocycles. The first-order valence-corrected chi connectivity index (χ1v) is 6.06.